The Morgan fingerprint density at radius 3 is 2.40 bits per heavy atom. The van der Waals surface area contributed by atoms with E-state index in [0.717, 1.165) is 11.6 Å². The van der Waals surface area contributed by atoms with Gasteiger partial charge in [0, 0.05) is 10.5 Å². The highest BCUT2D eigenvalue weighted by Gasteiger charge is 2.14. The van der Waals surface area contributed by atoms with E-state index in [1.54, 1.807) is 18.2 Å². The smallest absolute Gasteiger partial charge is 0.201 e. The summed E-state index contributed by atoms with van der Waals surface area (Å²) < 4.78 is 33.4. The van der Waals surface area contributed by atoms with Crippen molar-refractivity contribution in [3.05, 3.63) is 56.5 Å². The van der Waals surface area contributed by atoms with Crippen molar-refractivity contribution in [2.45, 2.75) is 13.0 Å². The molecule has 0 aliphatic rings. The van der Waals surface area contributed by atoms with Gasteiger partial charge >= 0.3 is 0 Å². The van der Waals surface area contributed by atoms with Crippen LogP contribution in [-0.4, -0.2) is 0 Å². The van der Waals surface area contributed by atoms with Gasteiger partial charge in [-0.1, -0.05) is 22.0 Å². The van der Waals surface area contributed by atoms with Gasteiger partial charge in [0.1, 0.15) is 5.75 Å². The number of nitrogens with two attached hydrogens (primary N) is 1. The summed E-state index contributed by atoms with van der Waals surface area (Å²) in [6.07, 6.45) is 0. The van der Waals surface area contributed by atoms with Gasteiger partial charge in [0.25, 0.3) is 0 Å². The topological polar surface area (TPSA) is 35.2 Å². The summed E-state index contributed by atoms with van der Waals surface area (Å²) in [4.78, 5) is 0. The molecule has 0 fully saturated rings. The van der Waals surface area contributed by atoms with Crippen molar-refractivity contribution in [3.63, 3.8) is 0 Å². The zero-order valence-electron chi connectivity index (χ0n) is 10.5. The maximum absolute atomic E-state index is 13.7. The molecule has 2 nitrogen and oxygen atoms in total. The molecule has 0 radical (unpaired) electrons. The average molecular weight is 407 g/mol. The lowest BCUT2D eigenvalue weighted by Crippen LogP contribution is -2.04. The van der Waals surface area contributed by atoms with Gasteiger partial charge in [-0.2, -0.15) is 4.39 Å². The fraction of sp³-hybridized carbons (Fsp3) is 0.143. The van der Waals surface area contributed by atoms with Crippen LogP contribution in [0.15, 0.2) is 39.3 Å². The van der Waals surface area contributed by atoms with Crippen LogP contribution in [0.25, 0.3) is 0 Å². The number of rotatable bonds is 3. The molecule has 0 saturated carbocycles. The van der Waals surface area contributed by atoms with Crippen molar-refractivity contribution >= 4 is 31.9 Å². The lowest BCUT2D eigenvalue weighted by Gasteiger charge is -2.12. The number of halogens is 4. The van der Waals surface area contributed by atoms with Crippen LogP contribution in [0.3, 0.4) is 0 Å². The third-order valence-corrected chi connectivity index (χ3v) is 3.74. The largest absolute Gasteiger partial charge is 0.453 e. The Labute approximate surface area is 132 Å². The SMILES string of the molecule is C[C@H](N)c1ccc(Oc2cc(Br)cc(F)c2F)c(Br)c1. The molecular weight excluding hydrogens is 396 g/mol. The Balaban J connectivity index is 2.35. The van der Waals surface area contributed by atoms with E-state index in [0.29, 0.717) is 14.7 Å². The highest BCUT2D eigenvalue weighted by atomic mass is 79.9. The first-order chi connectivity index (χ1) is 9.38. The first kappa shape index (κ1) is 15.4. The summed E-state index contributed by atoms with van der Waals surface area (Å²) in [6, 6.07) is 7.49. The van der Waals surface area contributed by atoms with E-state index in [1.165, 1.54) is 6.07 Å². The molecule has 20 heavy (non-hydrogen) atoms. The normalized spacial score (nSPS) is 12.3. The quantitative estimate of drug-likeness (QED) is 0.701. The second-order valence-electron chi connectivity index (χ2n) is 4.28. The number of benzene rings is 2. The maximum Gasteiger partial charge on any atom is 0.201 e. The molecule has 0 amide bonds. The predicted octanol–water partition coefficient (Wildman–Crippen LogP) is 5.30. The summed E-state index contributed by atoms with van der Waals surface area (Å²) in [6.45, 7) is 1.85. The standard InChI is InChI=1S/C14H11Br2F2NO/c1-7(19)8-2-3-12(10(16)4-8)20-13-6-9(15)5-11(17)14(13)18/h2-7H,19H2,1H3/t7-/m0/s1. The minimum Gasteiger partial charge on any atom is -0.453 e. The van der Waals surface area contributed by atoms with Crippen molar-refractivity contribution in [1.82, 2.24) is 0 Å². The number of hydrogen-bond donors (Lipinski definition) is 1. The van der Waals surface area contributed by atoms with Crippen molar-refractivity contribution in [2.75, 3.05) is 0 Å². The van der Waals surface area contributed by atoms with Crippen molar-refractivity contribution in [2.24, 2.45) is 5.73 Å². The molecule has 0 saturated heterocycles. The van der Waals surface area contributed by atoms with Gasteiger partial charge < -0.3 is 10.5 Å². The van der Waals surface area contributed by atoms with Gasteiger partial charge in [-0.05, 0) is 52.7 Å². The van der Waals surface area contributed by atoms with Crippen LogP contribution in [0.4, 0.5) is 8.78 Å². The molecule has 0 spiro atoms. The lowest BCUT2D eigenvalue weighted by atomic mass is 10.1. The Hall–Kier alpha value is -0.980. The summed E-state index contributed by atoms with van der Waals surface area (Å²) in [5.74, 6) is -1.81. The van der Waals surface area contributed by atoms with Gasteiger partial charge in [0.2, 0.25) is 5.82 Å². The van der Waals surface area contributed by atoms with Gasteiger partial charge in [-0.15, -0.1) is 0 Å². The third-order valence-electron chi connectivity index (χ3n) is 2.66. The van der Waals surface area contributed by atoms with E-state index in [9.17, 15) is 8.78 Å². The van der Waals surface area contributed by atoms with Crippen molar-refractivity contribution in [3.8, 4) is 11.5 Å². The molecule has 0 aliphatic carbocycles. The molecule has 0 unspecified atom stereocenters. The van der Waals surface area contributed by atoms with Crippen LogP contribution in [0.2, 0.25) is 0 Å². The van der Waals surface area contributed by atoms with Crippen LogP contribution < -0.4 is 10.5 Å². The summed E-state index contributed by atoms with van der Waals surface area (Å²) in [5, 5.41) is 0. The second-order valence-corrected chi connectivity index (χ2v) is 6.05. The molecule has 1 atom stereocenters. The van der Waals surface area contributed by atoms with E-state index in [4.69, 9.17) is 10.5 Å². The molecule has 106 valence electrons. The Morgan fingerprint density at radius 2 is 1.80 bits per heavy atom. The average Bonchev–Trinajstić information content (AvgIpc) is 2.37. The molecule has 2 rings (SSSR count). The minimum absolute atomic E-state index is 0.125. The van der Waals surface area contributed by atoms with Crippen LogP contribution >= 0.6 is 31.9 Å². The molecular formula is C14H11Br2F2NO. The molecule has 0 aliphatic heterocycles. The van der Waals surface area contributed by atoms with E-state index >= 15 is 0 Å². The molecule has 2 aromatic rings. The van der Waals surface area contributed by atoms with Crippen LogP contribution in [0.1, 0.15) is 18.5 Å². The third kappa shape index (κ3) is 3.37. The Morgan fingerprint density at radius 1 is 1.10 bits per heavy atom. The van der Waals surface area contributed by atoms with E-state index in [1.807, 2.05) is 6.92 Å². The fourth-order valence-electron chi connectivity index (χ4n) is 1.61. The maximum atomic E-state index is 13.7. The van der Waals surface area contributed by atoms with Gasteiger partial charge in [0.15, 0.2) is 11.6 Å². The van der Waals surface area contributed by atoms with Crippen molar-refractivity contribution in [1.29, 1.82) is 0 Å². The highest BCUT2D eigenvalue weighted by Crippen LogP contribution is 2.34. The van der Waals surface area contributed by atoms with Crippen LogP contribution in [-0.2, 0) is 0 Å². The summed E-state index contributed by atoms with van der Waals surface area (Å²) in [7, 11) is 0. The van der Waals surface area contributed by atoms with E-state index in [-0.39, 0.29) is 11.8 Å². The lowest BCUT2D eigenvalue weighted by molar-refractivity contribution is 0.413. The molecule has 2 N–H and O–H groups in total. The van der Waals surface area contributed by atoms with Crippen LogP contribution in [0.5, 0.6) is 11.5 Å². The Kier molecular flexibility index (Phi) is 4.78. The van der Waals surface area contributed by atoms with Crippen molar-refractivity contribution < 1.29 is 13.5 Å². The van der Waals surface area contributed by atoms with Gasteiger partial charge in [0.05, 0.1) is 4.47 Å². The Bertz CT molecular complexity index is 647. The monoisotopic (exact) mass is 405 g/mol. The fourth-order valence-corrected chi connectivity index (χ4v) is 2.49. The zero-order valence-corrected chi connectivity index (χ0v) is 13.6. The number of ether oxygens (including phenoxy) is 1. The molecule has 0 aromatic heterocycles. The van der Waals surface area contributed by atoms with E-state index in [2.05, 4.69) is 31.9 Å². The molecule has 0 heterocycles. The molecule has 0 bridgehead atoms. The second kappa shape index (κ2) is 6.20. The zero-order chi connectivity index (χ0) is 14.9. The minimum atomic E-state index is -1.03. The highest BCUT2D eigenvalue weighted by molar-refractivity contribution is 9.10. The number of hydrogen-bond acceptors (Lipinski definition) is 2. The predicted molar refractivity (Wildman–Crippen MR) is 80.9 cm³/mol. The van der Waals surface area contributed by atoms with Gasteiger partial charge in [-0.3, -0.25) is 0 Å². The molecule has 2 aromatic carbocycles. The van der Waals surface area contributed by atoms with E-state index < -0.39 is 11.6 Å². The summed E-state index contributed by atoms with van der Waals surface area (Å²) >= 11 is 6.42. The summed E-state index contributed by atoms with van der Waals surface area (Å²) in [5.41, 5.74) is 6.68. The first-order valence-electron chi connectivity index (χ1n) is 5.76. The van der Waals surface area contributed by atoms with Gasteiger partial charge in [-0.25, -0.2) is 4.39 Å². The molecule has 6 heteroatoms. The van der Waals surface area contributed by atoms with Crippen LogP contribution in [0, 0.1) is 11.6 Å². The first-order valence-corrected chi connectivity index (χ1v) is 7.34.